The summed E-state index contributed by atoms with van der Waals surface area (Å²) in [4.78, 5) is 2.55. The third kappa shape index (κ3) is 9.95. The molecule has 1 aliphatic heterocycles. The number of nitrogens with two attached hydrogens (primary N) is 1. The maximum atomic E-state index is 11.0. The van der Waals surface area contributed by atoms with Gasteiger partial charge in [0.2, 0.25) is 0 Å². The van der Waals surface area contributed by atoms with Crippen molar-refractivity contribution in [2.75, 3.05) is 6.61 Å². The van der Waals surface area contributed by atoms with Crippen LogP contribution in [0, 0.1) is 0 Å². The van der Waals surface area contributed by atoms with Crippen LogP contribution in [0.1, 0.15) is 84.0 Å². The van der Waals surface area contributed by atoms with Crippen molar-refractivity contribution in [3.8, 4) is 0 Å². The van der Waals surface area contributed by atoms with Gasteiger partial charge in [0.25, 0.3) is 0 Å². The zero-order valence-electron chi connectivity index (χ0n) is 20.9. The zero-order valence-corrected chi connectivity index (χ0v) is 20.9. The lowest BCUT2D eigenvalue weighted by molar-refractivity contribution is -0.274. The number of hydrogen-bond acceptors (Lipinski definition) is 9. The molecule has 1 saturated heterocycles. The van der Waals surface area contributed by atoms with Crippen molar-refractivity contribution in [2.24, 2.45) is 10.8 Å². The number of unbranched alkanes of at least 4 members (excludes halogenated alkanes) is 11. The van der Waals surface area contributed by atoms with Gasteiger partial charge in [-0.3, -0.25) is 0 Å². The lowest BCUT2D eigenvalue weighted by atomic mass is 9.84. The van der Waals surface area contributed by atoms with Crippen LogP contribution in [0.15, 0.2) is 17.3 Å². The largest absolute Gasteiger partial charge is 0.394 e. The van der Waals surface area contributed by atoms with E-state index < -0.39 is 55.0 Å². The predicted octanol–water partition coefficient (Wildman–Crippen LogP) is 1.77. The van der Waals surface area contributed by atoms with Crippen LogP contribution in [0.25, 0.3) is 10.4 Å². The first-order valence-electron chi connectivity index (χ1n) is 12.9. The molecule has 8 N–H and O–H groups in total. The Morgan fingerprint density at radius 3 is 2.03 bits per heavy atom. The van der Waals surface area contributed by atoms with E-state index in [4.69, 9.17) is 16.0 Å². The topological polar surface area (TPSA) is 205 Å². The van der Waals surface area contributed by atoms with Crippen molar-refractivity contribution in [1.29, 1.82) is 0 Å². The van der Waals surface area contributed by atoms with E-state index in [2.05, 4.69) is 16.9 Å². The van der Waals surface area contributed by atoms with Gasteiger partial charge < -0.3 is 41.1 Å². The van der Waals surface area contributed by atoms with E-state index in [1.54, 1.807) is 6.08 Å². The molecule has 1 fully saturated rings. The van der Waals surface area contributed by atoms with Crippen molar-refractivity contribution in [2.45, 2.75) is 132 Å². The molecule has 204 valence electrons. The van der Waals surface area contributed by atoms with Gasteiger partial charge in [-0.15, -0.1) is 0 Å². The molecule has 0 radical (unpaired) electrons. The monoisotopic (exact) mass is 502 g/mol. The molecule has 0 bridgehead atoms. The number of aliphatic hydroxyl groups is 6. The second-order valence-corrected chi connectivity index (χ2v) is 9.49. The smallest absolute Gasteiger partial charge is 0.190 e. The van der Waals surface area contributed by atoms with Gasteiger partial charge in [0.15, 0.2) is 5.72 Å². The molecule has 0 saturated carbocycles. The summed E-state index contributed by atoms with van der Waals surface area (Å²) in [6.45, 7) is 1.49. The molecular weight excluding hydrogens is 456 g/mol. The van der Waals surface area contributed by atoms with Crippen LogP contribution in [0.2, 0.25) is 0 Å². The zero-order chi connectivity index (χ0) is 26.3. The lowest BCUT2D eigenvalue weighted by Gasteiger charge is -2.47. The normalized spacial score (nSPS) is 28.4. The van der Waals surface area contributed by atoms with Crippen molar-refractivity contribution in [3.05, 3.63) is 22.6 Å². The first-order chi connectivity index (χ1) is 16.7. The van der Waals surface area contributed by atoms with Crippen molar-refractivity contribution < 1.29 is 35.4 Å². The van der Waals surface area contributed by atoms with Gasteiger partial charge >= 0.3 is 0 Å². The molecule has 1 aliphatic rings. The molecule has 8 atom stereocenters. The Balaban J connectivity index is 2.49. The fourth-order valence-electron chi connectivity index (χ4n) is 4.37. The van der Waals surface area contributed by atoms with Crippen LogP contribution in [0.3, 0.4) is 0 Å². The summed E-state index contributed by atoms with van der Waals surface area (Å²) in [5.74, 6) is 0. The molecule has 0 aromatic rings. The summed E-state index contributed by atoms with van der Waals surface area (Å²) in [5.41, 5.74) is 12.2. The standard InChI is InChI=1S/C24H46N4O7/c1-2-3-4-5-6-7-8-9-10-11-12-13-14-15-17(30)22(25)24(34,27-28-26)23-21(33)20(32)19(31)18(16-29)35-23/h14-15,17-23,29-34H,2-13,16,25H2,1H3/b15-14+/t17-,18-,19+,20+,21-,22-,23+,24?/m1/s1. The quantitative estimate of drug-likeness (QED) is 0.0482. The molecule has 35 heavy (non-hydrogen) atoms. The molecule has 11 nitrogen and oxygen atoms in total. The summed E-state index contributed by atoms with van der Waals surface area (Å²) in [7, 11) is 0. The maximum Gasteiger partial charge on any atom is 0.190 e. The minimum Gasteiger partial charge on any atom is -0.394 e. The second kappa shape index (κ2) is 17.2. The summed E-state index contributed by atoms with van der Waals surface area (Å²) in [5, 5.41) is 64.3. The second-order valence-electron chi connectivity index (χ2n) is 9.49. The van der Waals surface area contributed by atoms with Crippen molar-refractivity contribution in [3.63, 3.8) is 0 Å². The van der Waals surface area contributed by atoms with Crippen LogP contribution in [0.4, 0.5) is 0 Å². The summed E-state index contributed by atoms with van der Waals surface area (Å²) in [6.07, 6.45) is 7.34. The predicted molar refractivity (Wildman–Crippen MR) is 132 cm³/mol. The lowest BCUT2D eigenvalue weighted by Crippen LogP contribution is -2.70. The SMILES string of the molecule is CCCCCCCCCCCCC/C=C/[C@@H](O)[C@@H](N)C(O)(N=[N+]=[N-])[C@H]1O[C@H](CO)[C@H](O)[C@H](O)[C@H]1O. The number of ether oxygens (including phenoxy) is 1. The molecule has 1 heterocycles. The number of nitrogens with zero attached hydrogens (tertiary/aromatic N) is 3. The van der Waals surface area contributed by atoms with Crippen LogP contribution in [-0.4, -0.2) is 85.6 Å². The average molecular weight is 503 g/mol. The van der Waals surface area contributed by atoms with Gasteiger partial charge in [0.05, 0.1) is 18.8 Å². The van der Waals surface area contributed by atoms with Gasteiger partial charge in [-0.25, -0.2) is 0 Å². The Hall–Kier alpha value is -1.27. The van der Waals surface area contributed by atoms with Gasteiger partial charge in [0.1, 0.15) is 30.5 Å². The molecule has 0 spiro atoms. The molecule has 11 heteroatoms. The Morgan fingerprint density at radius 2 is 1.51 bits per heavy atom. The van der Waals surface area contributed by atoms with E-state index in [1.807, 2.05) is 0 Å². The van der Waals surface area contributed by atoms with E-state index >= 15 is 0 Å². The number of allylic oxidation sites excluding steroid dienone is 1. The molecule has 1 rings (SSSR count). The Labute approximate surface area is 208 Å². The molecule has 0 aromatic carbocycles. The van der Waals surface area contributed by atoms with Crippen LogP contribution in [0.5, 0.6) is 0 Å². The highest BCUT2D eigenvalue weighted by Crippen LogP contribution is 2.32. The van der Waals surface area contributed by atoms with E-state index in [1.165, 1.54) is 57.4 Å². The number of aliphatic hydroxyl groups excluding tert-OH is 5. The van der Waals surface area contributed by atoms with E-state index in [9.17, 15) is 30.6 Å². The first kappa shape index (κ1) is 31.8. The fraction of sp³-hybridized carbons (Fsp3) is 0.917. The Kier molecular flexibility index (Phi) is 15.6. The van der Waals surface area contributed by atoms with Gasteiger partial charge in [0, 0.05) is 4.91 Å². The van der Waals surface area contributed by atoms with E-state index in [0.29, 0.717) is 6.42 Å². The van der Waals surface area contributed by atoms with Crippen molar-refractivity contribution >= 4 is 0 Å². The minimum atomic E-state index is -2.66. The van der Waals surface area contributed by atoms with E-state index in [0.717, 1.165) is 19.3 Å². The first-order valence-corrected chi connectivity index (χ1v) is 12.9. The minimum absolute atomic E-state index is 0.695. The number of azide groups is 1. The van der Waals surface area contributed by atoms with Crippen LogP contribution < -0.4 is 5.73 Å². The Bertz CT molecular complexity index is 647. The highest BCUT2D eigenvalue weighted by atomic mass is 16.6. The third-order valence-electron chi connectivity index (χ3n) is 6.68. The van der Waals surface area contributed by atoms with Crippen LogP contribution >= 0.6 is 0 Å². The Morgan fingerprint density at radius 1 is 0.971 bits per heavy atom. The van der Waals surface area contributed by atoms with Gasteiger partial charge in [-0.05, 0) is 18.4 Å². The average Bonchev–Trinajstić information content (AvgIpc) is 2.85. The maximum absolute atomic E-state index is 11.0. The van der Waals surface area contributed by atoms with Crippen LogP contribution in [-0.2, 0) is 4.74 Å². The highest BCUT2D eigenvalue weighted by Gasteiger charge is 2.55. The summed E-state index contributed by atoms with van der Waals surface area (Å²) < 4.78 is 5.30. The molecule has 1 unspecified atom stereocenters. The highest BCUT2D eigenvalue weighted by molar-refractivity contribution is 5.09. The third-order valence-corrected chi connectivity index (χ3v) is 6.68. The molecular formula is C24H46N4O7. The fourth-order valence-corrected chi connectivity index (χ4v) is 4.37. The molecule has 0 amide bonds. The summed E-state index contributed by atoms with van der Waals surface area (Å²) in [6, 6.07) is -1.62. The molecule has 0 aliphatic carbocycles. The number of hydrogen-bond donors (Lipinski definition) is 7. The molecule has 0 aromatic heterocycles. The van der Waals surface area contributed by atoms with E-state index in [-0.39, 0.29) is 0 Å². The van der Waals surface area contributed by atoms with Gasteiger partial charge in [-0.2, -0.15) is 0 Å². The number of rotatable bonds is 18. The van der Waals surface area contributed by atoms with Gasteiger partial charge in [-0.1, -0.05) is 88.4 Å². The van der Waals surface area contributed by atoms with Crippen molar-refractivity contribution in [1.82, 2.24) is 0 Å². The summed E-state index contributed by atoms with van der Waals surface area (Å²) >= 11 is 0.